The number of aliphatic hydroxyl groups is 1. The third kappa shape index (κ3) is 4.21. The Bertz CT molecular complexity index is 1550. The Morgan fingerprint density at radius 2 is 1.63 bits per heavy atom. The van der Waals surface area contributed by atoms with Crippen LogP contribution in [0.1, 0.15) is 22.6 Å². The summed E-state index contributed by atoms with van der Waals surface area (Å²) in [7, 11) is 1.85. The maximum absolute atomic E-state index is 12.4. The lowest BCUT2D eigenvalue weighted by Crippen LogP contribution is -2.32. The van der Waals surface area contributed by atoms with E-state index in [0.29, 0.717) is 32.2 Å². The van der Waals surface area contributed by atoms with E-state index in [4.69, 9.17) is 28.2 Å². The van der Waals surface area contributed by atoms with E-state index in [0.717, 1.165) is 27.7 Å². The molecule has 35 heavy (non-hydrogen) atoms. The zero-order chi connectivity index (χ0) is 24.7. The second-order valence-corrected chi connectivity index (χ2v) is 9.99. The normalized spacial score (nSPS) is 13.2. The van der Waals surface area contributed by atoms with Gasteiger partial charge >= 0.3 is 0 Å². The van der Waals surface area contributed by atoms with Crippen LogP contribution in [0, 0.1) is 6.92 Å². The van der Waals surface area contributed by atoms with Gasteiger partial charge in [-0.2, -0.15) is 0 Å². The number of nitrogens with zero attached hydrogens (tertiary/aromatic N) is 4. The van der Waals surface area contributed by atoms with Gasteiger partial charge in [0.1, 0.15) is 0 Å². The second kappa shape index (κ2) is 9.28. The van der Waals surface area contributed by atoms with Gasteiger partial charge in [-0.05, 0) is 77.9 Å². The smallest absolute Gasteiger partial charge is 0.190 e. The van der Waals surface area contributed by atoms with Crippen molar-refractivity contribution in [3.8, 4) is 11.1 Å². The van der Waals surface area contributed by atoms with Crippen LogP contribution in [0.3, 0.4) is 0 Å². The van der Waals surface area contributed by atoms with E-state index < -0.39 is 5.60 Å². The number of hydrogen-bond donors (Lipinski definition) is 1. The third-order valence-corrected chi connectivity index (χ3v) is 7.30. The van der Waals surface area contributed by atoms with Crippen LogP contribution in [0.4, 0.5) is 0 Å². The molecule has 0 fully saturated rings. The summed E-state index contributed by atoms with van der Waals surface area (Å²) in [6.45, 7) is 1.97. The van der Waals surface area contributed by atoms with E-state index in [-0.39, 0.29) is 0 Å². The molecule has 0 aliphatic carbocycles. The van der Waals surface area contributed by atoms with E-state index in [1.165, 1.54) is 11.8 Å². The van der Waals surface area contributed by atoms with Crippen molar-refractivity contribution in [2.75, 3.05) is 6.26 Å². The number of aromatic nitrogens is 4. The van der Waals surface area contributed by atoms with Crippen molar-refractivity contribution >= 4 is 45.9 Å². The Balaban J connectivity index is 1.80. The number of fused-ring (bicyclic) bond motifs is 1. The summed E-state index contributed by atoms with van der Waals surface area (Å²) < 4.78 is 1.81. The SMILES string of the molecule is CSc1nnc(C(O)(c2ccc(Cl)cc2)c2ccc3nc(C)cc(-c4cccc(Cl)c4)c3c2)n1C. The number of pyridine rings is 1. The van der Waals surface area contributed by atoms with Crippen LogP contribution in [-0.4, -0.2) is 31.1 Å². The first-order valence-corrected chi connectivity index (χ1v) is 12.9. The minimum Gasteiger partial charge on any atom is -0.373 e. The van der Waals surface area contributed by atoms with Crippen molar-refractivity contribution in [3.05, 3.63) is 105 Å². The molecule has 8 heteroatoms. The molecular formula is C27H22Cl2N4OS. The molecule has 0 radical (unpaired) electrons. The van der Waals surface area contributed by atoms with Gasteiger partial charge < -0.3 is 9.67 Å². The molecule has 1 atom stereocenters. The Labute approximate surface area is 217 Å². The van der Waals surface area contributed by atoms with E-state index in [2.05, 4.69) is 10.2 Å². The van der Waals surface area contributed by atoms with Crippen molar-refractivity contribution in [1.82, 2.24) is 19.7 Å². The summed E-state index contributed by atoms with van der Waals surface area (Å²) in [5.74, 6) is 0.410. The predicted molar refractivity (Wildman–Crippen MR) is 143 cm³/mol. The van der Waals surface area contributed by atoms with Gasteiger partial charge in [-0.3, -0.25) is 4.98 Å². The first-order valence-electron chi connectivity index (χ1n) is 10.9. The highest BCUT2D eigenvalue weighted by Gasteiger charge is 2.39. The average Bonchev–Trinajstić information content (AvgIpc) is 3.24. The number of benzene rings is 3. The molecule has 5 rings (SSSR count). The van der Waals surface area contributed by atoms with Crippen molar-refractivity contribution in [2.24, 2.45) is 7.05 Å². The van der Waals surface area contributed by atoms with Crippen LogP contribution in [0.5, 0.6) is 0 Å². The Hall–Kier alpha value is -2.90. The molecule has 1 N–H and O–H groups in total. The van der Waals surface area contributed by atoms with Crippen LogP contribution in [0.25, 0.3) is 22.0 Å². The summed E-state index contributed by atoms with van der Waals surface area (Å²) in [6, 6.07) is 22.7. The molecule has 0 amide bonds. The molecule has 0 spiro atoms. The van der Waals surface area contributed by atoms with Gasteiger partial charge in [-0.25, -0.2) is 0 Å². The van der Waals surface area contributed by atoms with E-state index in [1.807, 2.05) is 85.5 Å². The zero-order valence-corrected chi connectivity index (χ0v) is 21.7. The topological polar surface area (TPSA) is 63.8 Å². The third-order valence-electron chi connectivity index (χ3n) is 6.09. The van der Waals surface area contributed by atoms with Gasteiger partial charge in [0.15, 0.2) is 16.6 Å². The Morgan fingerprint density at radius 3 is 2.31 bits per heavy atom. The van der Waals surface area contributed by atoms with Gasteiger partial charge in [-0.1, -0.05) is 65.3 Å². The standard InChI is InChI=1S/C27H22Cl2N4OS/c1-16-13-22(17-5-4-6-21(29)14-17)23-15-19(9-12-24(23)30-16)27(34,18-7-10-20(28)11-8-18)25-31-32-26(35-3)33(25)2/h4-15,34H,1-3H3. The molecule has 176 valence electrons. The van der Waals surface area contributed by atoms with Crippen LogP contribution in [-0.2, 0) is 12.6 Å². The molecule has 0 saturated heterocycles. The van der Waals surface area contributed by atoms with Gasteiger partial charge in [0.25, 0.3) is 0 Å². The largest absolute Gasteiger partial charge is 0.373 e. The van der Waals surface area contributed by atoms with Gasteiger partial charge in [0.05, 0.1) is 5.52 Å². The highest BCUT2D eigenvalue weighted by atomic mass is 35.5. The number of thioether (sulfide) groups is 1. The van der Waals surface area contributed by atoms with Crippen LogP contribution in [0.15, 0.2) is 78.0 Å². The molecule has 0 aliphatic heterocycles. The number of halogens is 2. The van der Waals surface area contributed by atoms with Crippen LogP contribution >= 0.6 is 35.0 Å². The fourth-order valence-electron chi connectivity index (χ4n) is 4.40. The molecule has 5 nitrogen and oxygen atoms in total. The number of aryl methyl sites for hydroxylation is 1. The summed E-state index contributed by atoms with van der Waals surface area (Å²) in [5.41, 5.74) is 3.38. The average molecular weight is 521 g/mol. The summed E-state index contributed by atoms with van der Waals surface area (Å²) in [6.07, 6.45) is 1.93. The lowest BCUT2D eigenvalue weighted by molar-refractivity contribution is 0.111. The van der Waals surface area contributed by atoms with Gasteiger partial charge in [-0.15, -0.1) is 10.2 Å². The molecule has 2 aromatic heterocycles. The summed E-state index contributed by atoms with van der Waals surface area (Å²) in [4.78, 5) is 4.73. The fraction of sp³-hybridized carbons (Fsp3) is 0.148. The molecule has 1 unspecified atom stereocenters. The minimum absolute atomic E-state index is 0.410. The maximum atomic E-state index is 12.4. The van der Waals surface area contributed by atoms with Crippen LogP contribution < -0.4 is 0 Å². The quantitative estimate of drug-likeness (QED) is 0.262. The minimum atomic E-state index is -1.58. The Morgan fingerprint density at radius 1 is 0.886 bits per heavy atom. The van der Waals surface area contributed by atoms with Gasteiger partial charge in [0, 0.05) is 28.2 Å². The van der Waals surface area contributed by atoms with Crippen molar-refractivity contribution in [2.45, 2.75) is 17.7 Å². The molecule has 5 aromatic rings. The van der Waals surface area contributed by atoms with Gasteiger partial charge in [0.2, 0.25) is 0 Å². The zero-order valence-electron chi connectivity index (χ0n) is 19.3. The Kier molecular flexibility index (Phi) is 6.32. The maximum Gasteiger partial charge on any atom is 0.190 e. The van der Waals surface area contributed by atoms with Crippen LogP contribution in [0.2, 0.25) is 10.0 Å². The highest BCUT2D eigenvalue weighted by molar-refractivity contribution is 7.98. The van der Waals surface area contributed by atoms with Crippen molar-refractivity contribution in [3.63, 3.8) is 0 Å². The lowest BCUT2D eigenvalue weighted by Gasteiger charge is -2.29. The number of hydrogen-bond acceptors (Lipinski definition) is 5. The number of rotatable bonds is 5. The molecule has 0 bridgehead atoms. The van der Waals surface area contributed by atoms with Crippen molar-refractivity contribution < 1.29 is 5.11 Å². The first-order chi connectivity index (χ1) is 16.8. The van der Waals surface area contributed by atoms with E-state index in [1.54, 1.807) is 12.1 Å². The predicted octanol–water partition coefficient (Wildman–Crippen LogP) is 6.65. The second-order valence-electron chi connectivity index (χ2n) is 8.34. The summed E-state index contributed by atoms with van der Waals surface area (Å²) in [5, 5.41) is 23.9. The molecule has 0 saturated carbocycles. The van der Waals surface area contributed by atoms with E-state index >= 15 is 0 Å². The first kappa shape index (κ1) is 23.8. The van der Waals surface area contributed by atoms with E-state index in [9.17, 15) is 5.11 Å². The highest BCUT2D eigenvalue weighted by Crippen LogP contribution is 2.40. The lowest BCUT2D eigenvalue weighted by atomic mass is 9.84. The fourth-order valence-corrected chi connectivity index (χ4v) is 5.20. The molecule has 3 aromatic carbocycles. The van der Waals surface area contributed by atoms with Crippen molar-refractivity contribution in [1.29, 1.82) is 0 Å². The summed E-state index contributed by atoms with van der Waals surface area (Å²) >= 11 is 13.9. The monoisotopic (exact) mass is 520 g/mol. The molecule has 0 aliphatic rings. The molecular weight excluding hydrogens is 499 g/mol. The molecule has 2 heterocycles.